The Kier molecular flexibility index (Phi) is 4.94. The molecular weight excluding hydrogens is 322 g/mol. The van der Waals surface area contributed by atoms with E-state index in [1.54, 1.807) is 30.0 Å². The van der Waals surface area contributed by atoms with Crippen LogP contribution in [0.2, 0.25) is 0 Å². The number of imidazole rings is 1. The van der Waals surface area contributed by atoms with Crippen molar-refractivity contribution in [3.05, 3.63) is 66.1 Å². The van der Waals surface area contributed by atoms with Crippen LogP contribution in [0.1, 0.15) is 16.1 Å². The zero-order valence-corrected chi connectivity index (χ0v) is 13.6. The van der Waals surface area contributed by atoms with Gasteiger partial charge in [-0.2, -0.15) is 0 Å². The van der Waals surface area contributed by atoms with Gasteiger partial charge in [0, 0.05) is 18.9 Å². The van der Waals surface area contributed by atoms with E-state index in [0.29, 0.717) is 12.2 Å². The van der Waals surface area contributed by atoms with Crippen molar-refractivity contribution in [1.82, 2.24) is 14.7 Å². The number of hydrogen-bond donors (Lipinski definition) is 1. The summed E-state index contributed by atoms with van der Waals surface area (Å²) in [5, 5.41) is 2.69. The molecule has 0 unspecified atom stereocenters. The van der Waals surface area contributed by atoms with Gasteiger partial charge in [0.1, 0.15) is 11.4 Å². The van der Waals surface area contributed by atoms with Crippen molar-refractivity contribution < 1.29 is 19.1 Å². The third kappa shape index (κ3) is 4.14. The van der Waals surface area contributed by atoms with Gasteiger partial charge >= 0.3 is 5.97 Å². The number of nitrogens with one attached hydrogen (secondary N) is 1. The standard InChI is InChI=1S/C18H17N3O4/c1-24-14-7-5-13(6-8-14)10-19-17(22)12-25-18(23)15-11-21-9-3-2-4-16(21)20-15/h2-9,11H,10,12H2,1H3,(H,19,22). The van der Waals surface area contributed by atoms with Crippen molar-refractivity contribution in [2.24, 2.45) is 0 Å². The molecule has 128 valence electrons. The second-order valence-corrected chi connectivity index (χ2v) is 5.29. The predicted molar refractivity (Wildman–Crippen MR) is 90.3 cm³/mol. The average Bonchev–Trinajstić information content (AvgIpc) is 3.09. The number of nitrogens with zero attached hydrogens (tertiary/aromatic N) is 2. The molecule has 3 rings (SSSR count). The molecule has 1 aromatic carbocycles. The van der Waals surface area contributed by atoms with Crippen molar-refractivity contribution in [3.8, 4) is 5.75 Å². The Hall–Kier alpha value is -3.35. The topological polar surface area (TPSA) is 81.9 Å². The third-order valence-corrected chi connectivity index (χ3v) is 3.56. The van der Waals surface area contributed by atoms with Crippen LogP contribution in [0.5, 0.6) is 5.75 Å². The fourth-order valence-corrected chi connectivity index (χ4v) is 2.23. The van der Waals surface area contributed by atoms with E-state index in [-0.39, 0.29) is 18.2 Å². The van der Waals surface area contributed by atoms with E-state index < -0.39 is 5.97 Å². The van der Waals surface area contributed by atoms with Crippen LogP contribution in [-0.4, -0.2) is 35.0 Å². The van der Waals surface area contributed by atoms with Crippen LogP contribution in [0.4, 0.5) is 0 Å². The molecule has 0 atom stereocenters. The van der Waals surface area contributed by atoms with Crippen molar-refractivity contribution in [1.29, 1.82) is 0 Å². The Labute approximate surface area is 144 Å². The quantitative estimate of drug-likeness (QED) is 0.693. The van der Waals surface area contributed by atoms with Gasteiger partial charge in [0.25, 0.3) is 5.91 Å². The van der Waals surface area contributed by atoms with Crippen LogP contribution in [-0.2, 0) is 16.1 Å². The Balaban J connectivity index is 1.48. The maximum atomic E-state index is 12.0. The molecule has 0 saturated heterocycles. The first kappa shape index (κ1) is 16.5. The highest BCUT2D eigenvalue weighted by Crippen LogP contribution is 2.11. The summed E-state index contributed by atoms with van der Waals surface area (Å²) in [7, 11) is 1.59. The number of aromatic nitrogens is 2. The number of hydrogen-bond acceptors (Lipinski definition) is 5. The monoisotopic (exact) mass is 339 g/mol. The van der Waals surface area contributed by atoms with Gasteiger partial charge in [0.05, 0.1) is 7.11 Å². The lowest BCUT2D eigenvalue weighted by molar-refractivity contribution is -0.124. The lowest BCUT2D eigenvalue weighted by Gasteiger charge is -2.06. The first-order chi connectivity index (χ1) is 12.2. The molecule has 1 N–H and O–H groups in total. The predicted octanol–water partition coefficient (Wildman–Crippen LogP) is 1.82. The highest BCUT2D eigenvalue weighted by molar-refractivity contribution is 5.90. The first-order valence-corrected chi connectivity index (χ1v) is 7.66. The molecular formula is C18H17N3O4. The van der Waals surface area contributed by atoms with Gasteiger partial charge in [-0.15, -0.1) is 0 Å². The number of carbonyl (C=O) groups excluding carboxylic acids is 2. The van der Waals surface area contributed by atoms with E-state index in [0.717, 1.165) is 11.3 Å². The number of pyridine rings is 1. The molecule has 7 nitrogen and oxygen atoms in total. The number of benzene rings is 1. The minimum atomic E-state index is -0.636. The maximum Gasteiger partial charge on any atom is 0.359 e. The molecule has 3 aromatic rings. The van der Waals surface area contributed by atoms with E-state index in [9.17, 15) is 9.59 Å². The summed E-state index contributed by atoms with van der Waals surface area (Å²) in [5.74, 6) is -0.271. The molecule has 2 heterocycles. The first-order valence-electron chi connectivity index (χ1n) is 7.66. The van der Waals surface area contributed by atoms with Crippen molar-refractivity contribution in [3.63, 3.8) is 0 Å². The van der Waals surface area contributed by atoms with Crippen LogP contribution in [0.25, 0.3) is 5.65 Å². The molecule has 7 heteroatoms. The van der Waals surface area contributed by atoms with Crippen LogP contribution < -0.4 is 10.1 Å². The van der Waals surface area contributed by atoms with Gasteiger partial charge < -0.3 is 19.2 Å². The van der Waals surface area contributed by atoms with Gasteiger partial charge in [-0.3, -0.25) is 4.79 Å². The number of carbonyl (C=O) groups is 2. The lowest BCUT2D eigenvalue weighted by atomic mass is 10.2. The largest absolute Gasteiger partial charge is 0.497 e. The molecule has 0 spiro atoms. The number of esters is 1. The smallest absolute Gasteiger partial charge is 0.359 e. The minimum Gasteiger partial charge on any atom is -0.497 e. The summed E-state index contributed by atoms with van der Waals surface area (Å²) in [4.78, 5) is 27.9. The van der Waals surface area contributed by atoms with Crippen molar-refractivity contribution >= 4 is 17.5 Å². The van der Waals surface area contributed by atoms with Gasteiger partial charge in [0.15, 0.2) is 12.3 Å². The van der Waals surface area contributed by atoms with E-state index in [2.05, 4.69) is 10.3 Å². The molecule has 0 saturated carbocycles. The SMILES string of the molecule is COc1ccc(CNC(=O)COC(=O)c2cn3ccccc3n2)cc1. The number of fused-ring (bicyclic) bond motifs is 1. The number of ether oxygens (including phenoxy) is 2. The molecule has 0 fully saturated rings. The molecule has 25 heavy (non-hydrogen) atoms. The van der Waals surface area contributed by atoms with Crippen molar-refractivity contribution in [2.75, 3.05) is 13.7 Å². The molecule has 0 aliphatic rings. The highest BCUT2D eigenvalue weighted by Gasteiger charge is 2.13. The van der Waals surface area contributed by atoms with Crippen molar-refractivity contribution in [2.45, 2.75) is 6.54 Å². The Morgan fingerprint density at radius 1 is 1.16 bits per heavy atom. The van der Waals surface area contributed by atoms with Gasteiger partial charge in [-0.1, -0.05) is 18.2 Å². The van der Waals surface area contributed by atoms with Crippen LogP contribution >= 0.6 is 0 Å². The van der Waals surface area contributed by atoms with Gasteiger partial charge in [-0.05, 0) is 29.8 Å². The normalized spacial score (nSPS) is 10.4. The maximum absolute atomic E-state index is 12.0. The fraction of sp³-hybridized carbons (Fsp3) is 0.167. The Morgan fingerprint density at radius 2 is 1.96 bits per heavy atom. The second-order valence-electron chi connectivity index (χ2n) is 5.29. The zero-order valence-electron chi connectivity index (χ0n) is 13.6. The summed E-state index contributed by atoms with van der Waals surface area (Å²) < 4.78 is 11.8. The second kappa shape index (κ2) is 7.48. The lowest BCUT2D eigenvalue weighted by Crippen LogP contribution is -2.28. The fourth-order valence-electron chi connectivity index (χ4n) is 2.23. The third-order valence-electron chi connectivity index (χ3n) is 3.56. The summed E-state index contributed by atoms with van der Waals surface area (Å²) in [6.07, 6.45) is 3.34. The van der Waals surface area contributed by atoms with E-state index in [1.165, 1.54) is 0 Å². The highest BCUT2D eigenvalue weighted by atomic mass is 16.5. The summed E-state index contributed by atoms with van der Waals surface area (Å²) in [6.45, 7) is -0.0163. The molecule has 1 amide bonds. The average molecular weight is 339 g/mol. The number of methoxy groups -OCH3 is 1. The number of amides is 1. The number of rotatable bonds is 6. The molecule has 0 radical (unpaired) electrons. The van der Waals surface area contributed by atoms with Crippen LogP contribution in [0, 0.1) is 0 Å². The summed E-state index contributed by atoms with van der Waals surface area (Å²) in [6, 6.07) is 12.7. The van der Waals surface area contributed by atoms with E-state index >= 15 is 0 Å². The Morgan fingerprint density at radius 3 is 2.68 bits per heavy atom. The summed E-state index contributed by atoms with van der Waals surface area (Å²) >= 11 is 0. The van der Waals surface area contributed by atoms with Gasteiger partial charge in [0.2, 0.25) is 0 Å². The van der Waals surface area contributed by atoms with Crippen LogP contribution in [0.15, 0.2) is 54.9 Å². The van der Waals surface area contributed by atoms with E-state index in [1.807, 2.05) is 36.4 Å². The zero-order chi connectivity index (χ0) is 17.6. The van der Waals surface area contributed by atoms with Crippen LogP contribution in [0.3, 0.4) is 0 Å². The van der Waals surface area contributed by atoms with Gasteiger partial charge in [-0.25, -0.2) is 9.78 Å². The van der Waals surface area contributed by atoms with E-state index in [4.69, 9.17) is 9.47 Å². The Bertz CT molecular complexity index is 854. The molecule has 0 aliphatic heterocycles. The molecule has 0 bridgehead atoms. The minimum absolute atomic E-state index is 0.161. The summed E-state index contributed by atoms with van der Waals surface area (Å²) in [5.41, 5.74) is 1.72. The molecule has 0 aliphatic carbocycles. The molecule has 2 aromatic heterocycles.